The fourth-order valence-electron chi connectivity index (χ4n) is 2.00. The van der Waals surface area contributed by atoms with Gasteiger partial charge in [0.2, 0.25) is 0 Å². The second kappa shape index (κ2) is 6.08. The Balaban J connectivity index is 2.21. The van der Waals surface area contributed by atoms with Crippen LogP contribution in [0.2, 0.25) is 0 Å². The first-order valence-electron chi connectivity index (χ1n) is 6.36. The van der Waals surface area contributed by atoms with E-state index in [4.69, 9.17) is 0 Å². The molecular formula is C14H14N4O4. The molecule has 22 heavy (non-hydrogen) atoms. The highest BCUT2D eigenvalue weighted by Crippen LogP contribution is 2.21. The number of aryl methyl sites for hydroxylation is 2. The van der Waals surface area contributed by atoms with E-state index in [1.165, 1.54) is 24.3 Å². The molecule has 2 rings (SSSR count). The van der Waals surface area contributed by atoms with Crippen molar-refractivity contribution in [1.29, 1.82) is 0 Å². The lowest BCUT2D eigenvalue weighted by Crippen LogP contribution is -2.15. The lowest BCUT2D eigenvalue weighted by Gasteiger charge is -2.14. The lowest BCUT2D eigenvalue weighted by molar-refractivity contribution is -0.384. The van der Waals surface area contributed by atoms with Crippen molar-refractivity contribution in [3.8, 4) is 0 Å². The summed E-state index contributed by atoms with van der Waals surface area (Å²) in [6.07, 6.45) is 0. The number of hydrogen-bond donors (Lipinski definition) is 3. The number of hydrazine groups is 1. The van der Waals surface area contributed by atoms with E-state index in [-0.39, 0.29) is 11.3 Å². The van der Waals surface area contributed by atoms with Gasteiger partial charge in [-0.2, -0.15) is 0 Å². The average molecular weight is 302 g/mol. The van der Waals surface area contributed by atoms with Crippen LogP contribution in [0.25, 0.3) is 0 Å². The monoisotopic (exact) mass is 302 g/mol. The maximum Gasteiger partial charge on any atom is 0.339 e. The van der Waals surface area contributed by atoms with Crippen LogP contribution in [0.5, 0.6) is 0 Å². The van der Waals surface area contributed by atoms with Gasteiger partial charge in [-0.1, -0.05) is 0 Å². The number of hydrogen-bond acceptors (Lipinski definition) is 6. The van der Waals surface area contributed by atoms with Gasteiger partial charge in [-0.05, 0) is 32.0 Å². The average Bonchev–Trinajstić information content (AvgIpc) is 2.44. The lowest BCUT2D eigenvalue weighted by atomic mass is 10.1. The van der Waals surface area contributed by atoms with Gasteiger partial charge >= 0.3 is 5.97 Å². The number of benzene rings is 1. The molecule has 0 spiro atoms. The minimum atomic E-state index is -1.09. The molecule has 3 N–H and O–H groups in total. The summed E-state index contributed by atoms with van der Waals surface area (Å²) in [5.41, 5.74) is 7.68. The van der Waals surface area contributed by atoms with Gasteiger partial charge in [-0.3, -0.25) is 20.5 Å². The van der Waals surface area contributed by atoms with E-state index in [1.54, 1.807) is 19.9 Å². The number of nitrogens with one attached hydrogen (secondary N) is 2. The standard InChI is InChI=1S/C14H14N4O4/c1-8-7-12(13(14(19)20)9(2)15-8)17-16-10-3-5-11(6-4-10)18(21)22/h3-7,16H,1-2H3,(H,15,17)(H,19,20). The molecule has 0 atom stereocenters. The van der Waals surface area contributed by atoms with Gasteiger partial charge < -0.3 is 10.5 Å². The van der Waals surface area contributed by atoms with E-state index >= 15 is 0 Å². The third-order valence-corrected chi connectivity index (χ3v) is 2.96. The van der Waals surface area contributed by atoms with Crippen molar-refractivity contribution >= 4 is 23.0 Å². The normalized spacial score (nSPS) is 10.1. The summed E-state index contributed by atoms with van der Waals surface area (Å²) in [7, 11) is 0. The Morgan fingerprint density at radius 3 is 2.41 bits per heavy atom. The number of nitrogens with zero attached hydrogens (tertiary/aromatic N) is 2. The largest absolute Gasteiger partial charge is 0.478 e. The van der Waals surface area contributed by atoms with Crippen LogP contribution in [0, 0.1) is 24.0 Å². The Morgan fingerprint density at radius 1 is 1.23 bits per heavy atom. The number of carboxylic acid groups (broad SMARTS) is 1. The first-order chi connectivity index (χ1) is 10.4. The van der Waals surface area contributed by atoms with Gasteiger partial charge in [0.05, 0.1) is 22.0 Å². The SMILES string of the molecule is Cc1cc(NNc2ccc([N+](=O)[O-])cc2)c(C(=O)O)c(C)n1. The predicted octanol–water partition coefficient (Wildman–Crippen LogP) is 2.74. The number of rotatable bonds is 5. The Bertz CT molecular complexity index is 728. The summed E-state index contributed by atoms with van der Waals surface area (Å²) in [5.74, 6) is -1.09. The molecule has 0 fully saturated rings. The van der Waals surface area contributed by atoms with Crippen molar-refractivity contribution in [1.82, 2.24) is 4.98 Å². The molecule has 114 valence electrons. The highest BCUT2D eigenvalue weighted by atomic mass is 16.6. The van der Waals surface area contributed by atoms with Crippen LogP contribution in [0.4, 0.5) is 17.1 Å². The molecule has 0 aliphatic heterocycles. The number of aromatic carboxylic acids is 1. The van der Waals surface area contributed by atoms with Crippen LogP contribution in [0.3, 0.4) is 0 Å². The van der Waals surface area contributed by atoms with Gasteiger partial charge in [0.15, 0.2) is 0 Å². The van der Waals surface area contributed by atoms with Crippen molar-refractivity contribution in [3.63, 3.8) is 0 Å². The Labute approximate surface area is 125 Å². The summed E-state index contributed by atoms with van der Waals surface area (Å²) in [6, 6.07) is 7.35. The zero-order chi connectivity index (χ0) is 16.3. The Kier molecular flexibility index (Phi) is 4.21. The van der Waals surface area contributed by atoms with Crippen LogP contribution in [0.15, 0.2) is 30.3 Å². The predicted molar refractivity (Wildman–Crippen MR) is 81.0 cm³/mol. The molecule has 1 aromatic heterocycles. The Morgan fingerprint density at radius 2 is 1.86 bits per heavy atom. The number of nitro groups is 1. The van der Waals surface area contributed by atoms with E-state index in [2.05, 4.69) is 15.8 Å². The highest BCUT2D eigenvalue weighted by molar-refractivity contribution is 5.95. The molecule has 8 nitrogen and oxygen atoms in total. The quantitative estimate of drug-likeness (QED) is 0.574. The summed E-state index contributed by atoms with van der Waals surface area (Å²) < 4.78 is 0. The van der Waals surface area contributed by atoms with Gasteiger partial charge in [-0.25, -0.2) is 4.79 Å². The van der Waals surface area contributed by atoms with Gasteiger partial charge in [0, 0.05) is 17.8 Å². The van der Waals surface area contributed by atoms with Crippen molar-refractivity contribution in [3.05, 3.63) is 57.4 Å². The minimum absolute atomic E-state index is 0.0209. The molecule has 0 saturated carbocycles. The van der Waals surface area contributed by atoms with Crippen LogP contribution in [-0.2, 0) is 0 Å². The number of carboxylic acids is 1. The molecule has 0 aliphatic rings. The molecule has 1 aromatic carbocycles. The zero-order valence-electron chi connectivity index (χ0n) is 12.0. The molecule has 2 aromatic rings. The minimum Gasteiger partial charge on any atom is -0.478 e. The van der Waals surface area contributed by atoms with E-state index in [1.807, 2.05) is 0 Å². The molecule has 0 amide bonds. The summed E-state index contributed by atoms with van der Waals surface area (Å²) in [6.45, 7) is 3.38. The first kappa shape index (κ1) is 15.2. The van der Waals surface area contributed by atoms with Crippen LogP contribution in [0.1, 0.15) is 21.7 Å². The van der Waals surface area contributed by atoms with E-state index < -0.39 is 10.9 Å². The molecule has 0 aliphatic carbocycles. The van der Waals surface area contributed by atoms with Gasteiger partial charge in [-0.15, -0.1) is 0 Å². The maximum atomic E-state index is 11.3. The van der Waals surface area contributed by atoms with E-state index in [0.29, 0.717) is 22.8 Å². The second-order valence-electron chi connectivity index (χ2n) is 4.63. The first-order valence-corrected chi connectivity index (χ1v) is 6.36. The molecule has 0 bridgehead atoms. The maximum absolute atomic E-state index is 11.3. The number of carbonyl (C=O) groups is 1. The summed E-state index contributed by atoms with van der Waals surface area (Å²) in [4.78, 5) is 25.5. The molecule has 8 heteroatoms. The van der Waals surface area contributed by atoms with Crippen molar-refractivity contribution in [2.75, 3.05) is 10.9 Å². The van der Waals surface area contributed by atoms with E-state index in [0.717, 1.165) is 0 Å². The number of aromatic nitrogens is 1. The molecule has 1 heterocycles. The highest BCUT2D eigenvalue weighted by Gasteiger charge is 2.15. The van der Waals surface area contributed by atoms with Crippen LogP contribution < -0.4 is 10.9 Å². The zero-order valence-corrected chi connectivity index (χ0v) is 12.0. The molecule has 0 radical (unpaired) electrons. The molecule has 0 unspecified atom stereocenters. The van der Waals surface area contributed by atoms with Crippen molar-refractivity contribution < 1.29 is 14.8 Å². The summed E-state index contributed by atoms with van der Waals surface area (Å²) >= 11 is 0. The number of non-ortho nitro benzene ring substituents is 1. The topological polar surface area (TPSA) is 117 Å². The smallest absolute Gasteiger partial charge is 0.339 e. The van der Waals surface area contributed by atoms with Crippen molar-refractivity contribution in [2.45, 2.75) is 13.8 Å². The third-order valence-electron chi connectivity index (χ3n) is 2.96. The second-order valence-corrected chi connectivity index (χ2v) is 4.63. The number of nitro benzene ring substituents is 1. The molecule has 0 saturated heterocycles. The third kappa shape index (κ3) is 3.29. The molecular weight excluding hydrogens is 288 g/mol. The van der Waals surface area contributed by atoms with Crippen LogP contribution >= 0.6 is 0 Å². The van der Waals surface area contributed by atoms with Gasteiger partial charge in [0.25, 0.3) is 5.69 Å². The Hall–Kier alpha value is -3.16. The van der Waals surface area contributed by atoms with Crippen LogP contribution in [-0.4, -0.2) is 21.0 Å². The van der Waals surface area contributed by atoms with E-state index in [9.17, 15) is 20.0 Å². The fourth-order valence-corrected chi connectivity index (χ4v) is 2.00. The fraction of sp³-hybridized carbons (Fsp3) is 0.143. The van der Waals surface area contributed by atoms with Gasteiger partial charge in [0.1, 0.15) is 5.56 Å². The number of anilines is 2. The number of pyridine rings is 1. The van der Waals surface area contributed by atoms with Crippen molar-refractivity contribution in [2.24, 2.45) is 0 Å². The summed E-state index contributed by atoms with van der Waals surface area (Å²) in [5, 5.41) is 19.8.